The second-order valence-corrected chi connectivity index (χ2v) is 8.64. The van der Waals surface area contributed by atoms with E-state index in [-0.39, 0.29) is 11.8 Å². The molecule has 7 heteroatoms. The van der Waals surface area contributed by atoms with Gasteiger partial charge in [-0.05, 0) is 38.5 Å². The predicted molar refractivity (Wildman–Crippen MR) is 109 cm³/mol. The van der Waals surface area contributed by atoms with E-state index < -0.39 is 0 Å². The van der Waals surface area contributed by atoms with Crippen LogP contribution in [0.2, 0.25) is 0 Å². The summed E-state index contributed by atoms with van der Waals surface area (Å²) in [5.74, 6) is 1.98. The molecule has 1 aliphatic carbocycles. The fraction of sp³-hybridized carbons (Fsp3) is 0.727. The molecule has 2 amide bonds. The summed E-state index contributed by atoms with van der Waals surface area (Å²) in [7, 11) is 0. The van der Waals surface area contributed by atoms with E-state index in [1.807, 2.05) is 16.7 Å². The number of hydrogen-bond donors (Lipinski definition) is 0. The lowest BCUT2D eigenvalue weighted by atomic mass is 9.94. The molecule has 0 N–H and O–H groups in total. The number of aromatic nitrogens is 2. The zero-order chi connectivity index (χ0) is 20.2. The molecule has 0 bridgehead atoms. The summed E-state index contributed by atoms with van der Waals surface area (Å²) in [6, 6.07) is 0. The van der Waals surface area contributed by atoms with Crippen LogP contribution in [0.15, 0.2) is 6.20 Å². The minimum atomic E-state index is -0.00956. The Morgan fingerprint density at radius 3 is 2.38 bits per heavy atom. The molecule has 3 fully saturated rings. The molecule has 1 aromatic heterocycles. The first kappa shape index (κ1) is 20.3. The van der Waals surface area contributed by atoms with Gasteiger partial charge in [0.1, 0.15) is 5.82 Å². The number of piperidine rings is 1. The Hall–Kier alpha value is -2.02. The molecule has 0 atom stereocenters. The number of rotatable bonds is 4. The highest BCUT2D eigenvalue weighted by atomic mass is 16.5. The number of amides is 2. The van der Waals surface area contributed by atoms with Crippen LogP contribution in [0.25, 0.3) is 0 Å². The van der Waals surface area contributed by atoms with Gasteiger partial charge in [-0.25, -0.2) is 9.97 Å². The van der Waals surface area contributed by atoms with Gasteiger partial charge in [0.05, 0.1) is 24.5 Å². The Kier molecular flexibility index (Phi) is 6.43. The molecule has 1 saturated carbocycles. The number of nitrogens with zero attached hydrogens (tertiary/aromatic N) is 4. The van der Waals surface area contributed by atoms with Crippen molar-refractivity contribution in [3.05, 3.63) is 23.3 Å². The highest BCUT2D eigenvalue weighted by molar-refractivity contribution is 5.95. The molecular weight excluding hydrogens is 368 g/mol. The van der Waals surface area contributed by atoms with Crippen LogP contribution in [-0.2, 0) is 9.53 Å². The van der Waals surface area contributed by atoms with Gasteiger partial charge in [0.2, 0.25) is 5.91 Å². The van der Waals surface area contributed by atoms with Crippen LogP contribution in [0.3, 0.4) is 0 Å². The summed E-state index contributed by atoms with van der Waals surface area (Å²) < 4.78 is 5.32. The minimum Gasteiger partial charge on any atom is -0.378 e. The molecule has 2 aliphatic heterocycles. The van der Waals surface area contributed by atoms with Crippen LogP contribution in [0, 0.1) is 12.8 Å². The maximum atomic E-state index is 12.7. The van der Waals surface area contributed by atoms with E-state index in [9.17, 15) is 9.59 Å². The highest BCUT2D eigenvalue weighted by Gasteiger charge is 2.28. The molecule has 3 aliphatic rings. The van der Waals surface area contributed by atoms with Crippen molar-refractivity contribution in [3.8, 4) is 0 Å². The molecule has 7 nitrogen and oxygen atoms in total. The largest absolute Gasteiger partial charge is 0.378 e. The van der Waals surface area contributed by atoms with E-state index in [4.69, 9.17) is 4.74 Å². The fourth-order valence-corrected chi connectivity index (χ4v) is 4.81. The van der Waals surface area contributed by atoms with Gasteiger partial charge in [0, 0.05) is 44.7 Å². The topological polar surface area (TPSA) is 75.6 Å². The minimum absolute atomic E-state index is 0.00956. The molecule has 2 saturated heterocycles. The number of likely N-dealkylation sites (tertiary alicyclic amines) is 1. The first-order chi connectivity index (χ1) is 14.1. The van der Waals surface area contributed by atoms with Crippen molar-refractivity contribution >= 4 is 11.8 Å². The molecular formula is C22H32N4O3. The van der Waals surface area contributed by atoms with Gasteiger partial charge < -0.3 is 14.5 Å². The third-order valence-corrected chi connectivity index (χ3v) is 6.68. The summed E-state index contributed by atoms with van der Waals surface area (Å²) in [6.45, 7) is 5.86. The Morgan fingerprint density at radius 2 is 1.72 bits per heavy atom. The highest BCUT2D eigenvalue weighted by Crippen LogP contribution is 2.30. The van der Waals surface area contributed by atoms with E-state index in [1.54, 1.807) is 6.20 Å². The van der Waals surface area contributed by atoms with E-state index in [0.29, 0.717) is 43.7 Å². The standard InChI is InChI=1S/C22H32N4O3/c1-16-19(22(28)26-10-12-29-13-11-26)15-23-21(24-16)18-6-8-25(9-7-18)20(27)14-17-4-2-3-5-17/h15,17-18H,2-14H2,1H3. The van der Waals surface area contributed by atoms with Gasteiger partial charge in [0.25, 0.3) is 5.91 Å². The summed E-state index contributed by atoms with van der Waals surface area (Å²) in [5, 5.41) is 0. The number of ether oxygens (including phenoxy) is 1. The third kappa shape index (κ3) is 4.77. The SMILES string of the molecule is Cc1nc(C2CCN(C(=O)CC3CCCC3)CC2)ncc1C(=O)N1CCOCC1. The van der Waals surface area contributed by atoms with E-state index in [1.165, 1.54) is 25.7 Å². The normalized spacial score (nSPS) is 21.6. The summed E-state index contributed by atoms with van der Waals surface area (Å²) in [6.07, 6.45) is 9.18. The van der Waals surface area contributed by atoms with Crippen LogP contribution < -0.4 is 0 Å². The monoisotopic (exact) mass is 400 g/mol. The van der Waals surface area contributed by atoms with Crippen LogP contribution in [-0.4, -0.2) is 71.0 Å². The molecule has 0 radical (unpaired) electrons. The van der Waals surface area contributed by atoms with Gasteiger partial charge >= 0.3 is 0 Å². The Labute approximate surface area is 172 Å². The van der Waals surface area contributed by atoms with Crippen LogP contribution in [0.1, 0.15) is 72.7 Å². The molecule has 1 aromatic rings. The lowest BCUT2D eigenvalue weighted by molar-refractivity contribution is -0.133. The molecule has 0 aromatic carbocycles. The van der Waals surface area contributed by atoms with E-state index in [2.05, 4.69) is 9.97 Å². The van der Waals surface area contributed by atoms with Crippen molar-refractivity contribution < 1.29 is 14.3 Å². The Morgan fingerprint density at radius 1 is 1.03 bits per heavy atom. The summed E-state index contributed by atoms with van der Waals surface area (Å²) in [5.41, 5.74) is 1.33. The second-order valence-electron chi connectivity index (χ2n) is 8.64. The molecule has 4 rings (SSSR count). The van der Waals surface area contributed by atoms with Crippen LogP contribution in [0.4, 0.5) is 0 Å². The second kappa shape index (κ2) is 9.20. The number of carbonyl (C=O) groups excluding carboxylic acids is 2. The average Bonchev–Trinajstić information content (AvgIpc) is 3.27. The fourth-order valence-electron chi connectivity index (χ4n) is 4.81. The average molecular weight is 401 g/mol. The van der Waals surface area contributed by atoms with Crippen molar-refractivity contribution in [3.63, 3.8) is 0 Å². The number of aryl methyl sites for hydroxylation is 1. The Bertz CT molecular complexity index is 734. The number of carbonyl (C=O) groups is 2. The van der Waals surface area contributed by atoms with Crippen molar-refractivity contribution in [1.29, 1.82) is 0 Å². The van der Waals surface area contributed by atoms with Crippen LogP contribution in [0.5, 0.6) is 0 Å². The Balaban J connectivity index is 1.33. The number of morpholine rings is 1. The van der Waals surface area contributed by atoms with Crippen molar-refractivity contribution in [2.45, 2.75) is 57.8 Å². The molecule has 158 valence electrons. The molecule has 3 heterocycles. The van der Waals surface area contributed by atoms with E-state index in [0.717, 1.165) is 43.9 Å². The molecule has 0 spiro atoms. The quantitative estimate of drug-likeness (QED) is 0.776. The van der Waals surface area contributed by atoms with E-state index >= 15 is 0 Å². The first-order valence-corrected chi connectivity index (χ1v) is 11.1. The maximum absolute atomic E-state index is 12.7. The number of hydrogen-bond acceptors (Lipinski definition) is 5. The molecule has 29 heavy (non-hydrogen) atoms. The van der Waals surface area contributed by atoms with Gasteiger partial charge in [0.15, 0.2) is 0 Å². The molecule has 0 unspecified atom stereocenters. The van der Waals surface area contributed by atoms with Crippen molar-refractivity contribution in [2.75, 3.05) is 39.4 Å². The summed E-state index contributed by atoms with van der Waals surface area (Å²) in [4.78, 5) is 38.3. The zero-order valence-electron chi connectivity index (χ0n) is 17.4. The van der Waals surface area contributed by atoms with Crippen molar-refractivity contribution in [1.82, 2.24) is 19.8 Å². The zero-order valence-corrected chi connectivity index (χ0v) is 17.4. The predicted octanol–water partition coefficient (Wildman–Crippen LogP) is 2.54. The van der Waals surface area contributed by atoms with Crippen molar-refractivity contribution in [2.24, 2.45) is 5.92 Å². The third-order valence-electron chi connectivity index (χ3n) is 6.68. The van der Waals surface area contributed by atoms with Crippen LogP contribution >= 0.6 is 0 Å². The first-order valence-electron chi connectivity index (χ1n) is 11.1. The lowest BCUT2D eigenvalue weighted by Crippen LogP contribution is -2.41. The smallest absolute Gasteiger partial charge is 0.257 e. The maximum Gasteiger partial charge on any atom is 0.257 e. The van der Waals surface area contributed by atoms with Gasteiger partial charge in [-0.2, -0.15) is 0 Å². The van der Waals surface area contributed by atoms with Gasteiger partial charge in [-0.3, -0.25) is 9.59 Å². The van der Waals surface area contributed by atoms with Gasteiger partial charge in [-0.1, -0.05) is 12.8 Å². The lowest BCUT2D eigenvalue weighted by Gasteiger charge is -2.32. The summed E-state index contributed by atoms with van der Waals surface area (Å²) >= 11 is 0. The van der Waals surface area contributed by atoms with Gasteiger partial charge in [-0.15, -0.1) is 0 Å².